The van der Waals surface area contributed by atoms with Crippen LogP contribution in [0.25, 0.3) is 0 Å². The average Bonchev–Trinajstić information content (AvgIpc) is 3.60. The predicted octanol–water partition coefficient (Wildman–Crippen LogP) is 5.39. The lowest BCUT2D eigenvalue weighted by atomic mass is 10.2. The number of rotatable bonds is 11. The second-order valence-electron chi connectivity index (χ2n) is 8.72. The number of nitrogens with one attached hydrogen (secondary N) is 1. The first-order valence-corrected chi connectivity index (χ1v) is 13.2. The lowest BCUT2D eigenvalue weighted by molar-refractivity contribution is -0.133. The number of nitrogens with zero attached hydrogens (tertiary/aromatic N) is 2. The zero-order valence-electron chi connectivity index (χ0n) is 20.6. The van der Waals surface area contributed by atoms with Gasteiger partial charge < -0.3 is 24.6 Å². The van der Waals surface area contributed by atoms with Crippen molar-refractivity contribution >= 4 is 29.0 Å². The Morgan fingerprint density at radius 1 is 1.03 bits per heavy atom. The van der Waals surface area contributed by atoms with Crippen molar-refractivity contribution in [3.8, 4) is 5.75 Å². The molecule has 4 rings (SSSR count). The van der Waals surface area contributed by atoms with Gasteiger partial charge in [-0.2, -0.15) is 0 Å². The topological polar surface area (TPSA) is 71.1 Å². The van der Waals surface area contributed by atoms with Gasteiger partial charge in [-0.15, -0.1) is 11.3 Å². The molecule has 1 aliphatic rings. The Bertz CT molecular complexity index is 1080. The summed E-state index contributed by atoms with van der Waals surface area (Å²) in [7, 11) is 0. The SMILES string of the molecule is CCOc1ccc(NC(=O)N(CC(=O)N(Cc2ccccc2)Cc2cccs2)CC2CCCO2)cc1. The Labute approximate surface area is 216 Å². The fourth-order valence-corrected chi connectivity index (χ4v) is 4.87. The molecule has 1 N–H and O–H groups in total. The van der Waals surface area contributed by atoms with Gasteiger partial charge in [0.1, 0.15) is 12.3 Å². The lowest BCUT2D eigenvalue weighted by Crippen LogP contribution is -2.46. The van der Waals surface area contributed by atoms with Crippen molar-refractivity contribution in [2.75, 3.05) is 31.6 Å². The van der Waals surface area contributed by atoms with E-state index in [4.69, 9.17) is 9.47 Å². The minimum Gasteiger partial charge on any atom is -0.494 e. The standard InChI is InChI=1S/C28H33N3O4S/c1-2-34-24-14-12-23(13-15-24)29-28(33)31(19-25-10-6-16-35-25)21-27(32)30(20-26-11-7-17-36-26)18-22-8-4-3-5-9-22/h3-5,7-9,11-15,17,25H,2,6,10,16,18-21H2,1H3,(H,29,33). The van der Waals surface area contributed by atoms with Crippen molar-refractivity contribution in [2.45, 2.75) is 39.0 Å². The molecule has 0 aliphatic carbocycles. The molecule has 2 heterocycles. The number of thiophene rings is 1. The Balaban J connectivity index is 1.47. The molecule has 1 aromatic heterocycles. The fourth-order valence-electron chi connectivity index (χ4n) is 4.15. The molecule has 8 heteroatoms. The molecule has 1 aliphatic heterocycles. The molecule has 3 aromatic rings. The van der Waals surface area contributed by atoms with Crippen LogP contribution in [0.3, 0.4) is 0 Å². The lowest BCUT2D eigenvalue weighted by Gasteiger charge is -2.29. The Hall–Kier alpha value is -3.36. The second-order valence-corrected chi connectivity index (χ2v) is 9.75. The quantitative estimate of drug-likeness (QED) is 0.378. The number of amides is 3. The van der Waals surface area contributed by atoms with Crippen molar-refractivity contribution in [3.63, 3.8) is 0 Å². The van der Waals surface area contributed by atoms with E-state index in [9.17, 15) is 9.59 Å². The number of carbonyl (C=O) groups is 2. The zero-order chi connectivity index (χ0) is 25.2. The summed E-state index contributed by atoms with van der Waals surface area (Å²) in [5, 5.41) is 4.94. The van der Waals surface area contributed by atoms with E-state index in [-0.39, 0.29) is 24.6 Å². The molecule has 36 heavy (non-hydrogen) atoms. The van der Waals surface area contributed by atoms with Crippen LogP contribution in [0.15, 0.2) is 72.1 Å². The van der Waals surface area contributed by atoms with Gasteiger partial charge in [0.15, 0.2) is 0 Å². The van der Waals surface area contributed by atoms with Gasteiger partial charge in [-0.25, -0.2) is 4.79 Å². The van der Waals surface area contributed by atoms with Gasteiger partial charge >= 0.3 is 6.03 Å². The molecule has 1 atom stereocenters. The van der Waals surface area contributed by atoms with Crippen LogP contribution < -0.4 is 10.1 Å². The number of benzene rings is 2. The molecular formula is C28H33N3O4S. The maximum absolute atomic E-state index is 13.6. The number of anilines is 1. The highest BCUT2D eigenvalue weighted by atomic mass is 32.1. The van der Waals surface area contributed by atoms with Gasteiger partial charge in [-0.1, -0.05) is 36.4 Å². The van der Waals surface area contributed by atoms with E-state index in [1.54, 1.807) is 28.4 Å². The van der Waals surface area contributed by atoms with Crippen LogP contribution in [0.4, 0.5) is 10.5 Å². The van der Waals surface area contributed by atoms with E-state index in [0.717, 1.165) is 29.0 Å². The van der Waals surface area contributed by atoms with E-state index < -0.39 is 0 Å². The minimum absolute atomic E-state index is 0.0269. The Morgan fingerprint density at radius 3 is 2.50 bits per heavy atom. The second kappa shape index (κ2) is 13.1. The third-order valence-corrected chi connectivity index (χ3v) is 6.83. The number of urea groups is 1. The molecule has 2 aromatic carbocycles. The number of hydrogen-bond donors (Lipinski definition) is 1. The summed E-state index contributed by atoms with van der Waals surface area (Å²) in [5.74, 6) is 0.638. The number of ether oxygens (including phenoxy) is 2. The third-order valence-electron chi connectivity index (χ3n) is 5.97. The molecular weight excluding hydrogens is 474 g/mol. The smallest absolute Gasteiger partial charge is 0.322 e. The van der Waals surface area contributed by atoms with Gasteiger partial charge in [-0.05, 0) is 61.0 Å². The van der Waals surface area contributed by atoms with Gasteiger partial charge in [0.2, 0.25) is 5.91 Å². The Morgan fingerprint density at radius 2 is 1.83 bits per heavy atom. The minimum atomic E-state index is -0.321. The first kappa shape index (κ1) is 25.7. The monoisotopic (exact) mass is 507 g/mol. The number of carbonyl (C=O) groups excluding carboxylic acids is 2. The van der Waals surface area contributed by atoms with Gasteiger partial charge in [0, 0.05) is 30.3 Å². The molecule has 0 saturated carbocycles. The Kier molecular flexibility index (Phi) is 9.35. The molecule has 0 bridgehead atoms. The van der Waals surface area contributed by atoms with E-state index in [0.29, 0.717) is 38.5 Å². The molecule has 1 fully saturated rings. The summed E-state index contributed by atoms with van der Waals surface area (Å²) in [6.07, 6.45) is 1.78. The van der Waals surface area contributed by atoms with Crippen LogP contribution in [-0.4, -0.2) is 54.1 Å². The highest BCUT2D eigenvalue weighted by Gasteiger charge is 2.27. The van der Waals surface area contributed by atoms with Gasteiger partial charge in [-0.3, -0.25) is 4.79 Å². The summed E-state index contributed by atoms with van der Waals surface area (Å²) < 4.78 is 11.3. The third kappa shape index (κ3) is 7.57. The zero-order valence-corrected chi connectivity index (χ0v) is 21.4. The van der Waals surface area contributed by atoms with Gasteiger partial charge in [0.05, 0.1) is 19.3 Å². The normalized spacial score (nSPS) is 14.9. The molecule has 3 amide bonds. The highest BCUT2D eigenvalue weighted by molar-refractivity contribution is 7.09. The molecule has 7 nitrogen and oxygen atoms in total. The van der Waals surface area contributed by atoms with Crippen LogP contribution in [0.1, 0.15) is 30.2 Å². The summed E-state index contributed by atoms with van der Waals surface area (Å²) in [5.41, 5.74) is 1.69. The van der Waals surface area contributed by atoms with Crippen LogP contribution in [0.5, 0.6) is 5.75 Å². The van der Waals surface area contributed by atoms with E-state index in [1.165, 1.54) is 0 Å². The average molecular weight is 508 g/mol. The van der Waals surface area contributed by atoms with Crippen molar-refractivity contribution in [2.24, 2.45) is 0 Å². The van der Waals surface area contributed by atoms with Crippen molar-refractivity contribution < 1.29 is 19.1 Å². The summed E-state index contributed by atoms with van der Waals surface area (Å²) in [4.78, 5) is 31.4. The largest absolute Gasteiger partial charge is 0.494 e. The maximum atomic E-state index is 13.6. The maximum Gasteiger partial charge on any atom is 0.322 e. The molecule has 1 saturated heterocycles. The molecule has 1 unspecified atom stereocenters. The van der Waals surface area contributed by atoms with Crippen LogP contribution in [0.2, 0.25) is 0 Å². The summed E-state index contributed by atoms with van der Waals surface area (Å²) in [6, 6.07) is 20.8. The van der Waals surface area contributed by atoms with Crippen LogP contribution in [-0.2, 0) is 22.6 Å². The van der Waals surface area contributed by atoms with Crippen molar-refractivity contribution in [1.29, 1.82) is 0 Å². The predicted molar refractivity (Wildman–Crippen MR) is 142 cm³/mol. The molecule has 0 spiro atoms. The molecule has 0 radical (unpaired) electrons. The fraction of sp³-hybridized carbons (Fsp3) is 0.357. The first-order chi connectivity index (χ1) is 17.6. The molecule has 190 valence electrons. The van der Waals surface area contributed by atoms with E-state index >= 15 is 0 Å². The van der Waals surface area contributed by atoms with Crippen molar-refractivity contribution in [1.82, 2.24) is 9.80 Å². The van der Waals surface area contributed by atoms with E-state index in [1.807, 2.05) is 71.8 Å². The number of hydrogen-bond acceptors (Lipinski definition) is 5. The van der Waals surface area contributed by atoms with Crippen LogP contribution >= 0.6 is 11.3 Å². The van der Waals surface area contributed by atoms with E-state index in [2.05, 4.69) is 5.32 Å². The van der Waals surface area contributed by atoms with Gasteiger partial charge in [0.25, 0.3) is 0 Å². The highest BCUT2D eigenvalue weighted by Crippen LogP contribution is 2.19. The summed E-state index contributed by atoms with van der Waals surface area (Å²) >= 11 is 1.62. The first-order valence-electron chi connectivity index (χ1n) is 12.3. The van der Waals surface area contributed by atoms with Crippen molar-refractivity contribution in [3.05, 3.63) is 82.6 Å². The summed E-state index contributed by atoms with van der Waals surface area (Å²) in [6.45, 7) is 4.51. The van der Waals surface area contributed by atoms with Crippen LogP contribution in [0, 0.1) is 0 Å².